The maximum atomic E-state index is 12.2. The molecule has 27 heavy (non-hydrogen) atoms. The first-order valence-electron chi connectivity index (χ1n) is 10.5. The number of amides is 1. The standard InChI is InChI=1S/C23H35N3O/c24-15-7-3-1-2-4-8-16-25-17-10-18-26-23(27)19-21-13-9-12-20-11-5-6-14-22(20)21/h5-6,9,11-14,25H,1-4,7-8,10,15-19,24H2,(H,26,27). The molecule has 0 aliphatic carbocycles. The molecule has 0 aromatic heterocycles. The van der Waals surface area contributed by atoms with Gasteiger partial charge in [-0.05, 0) is 55.2 Å². The van der Waals surface area contributed by atoms with Gasteiger partial charge in [-0.25, -0.2) is 0 Å². The smallest absolute Gasteiger partial charge is 0.224 e. The monoisotopic (exact) mass is 369 g/mol. The Kier molecular flexibility index (Phi) is 10.5. The van der Waals surface area contributed by atoms with Crippen LogP contribution in [0.5, 0.6) is 0 Å². The predicted octanol–water partition coefficient (Wildman–Crippen LogP) is 3.78. The van der Waals surface area contributed by atoms with Crippen molar-refractivity contribution >= 4 is 16.7 Å². The summed E-state index contributed by atoms with van der Waals surface area (Å²) >= 11 is 0. The van der Waals surface area contributed by atoms with Crippen molar-refractivity contribution in [3.63, 3.8) is 0 Å². The van der Waals surface area contributed by atoms with Crippen molar-refractivity contribution in [2.24, 2.45) is 5.73 Å². The van der Waals surface area contributed by atoms with E-state index in [0.717, 1.165) is 44.6 Å². The maximum absolute atomic E-state index is 12.2. The van der Waals surface area contributed by atoms with Crippen LogP contribution in [-0.2, 0) is 11.2 Å². The van der Waals surface area contributed by atoms with Gasteiger partial charge in [0, 0.05) is 6.54 Å². The SMILES string of the molecule is NCCCCCCCCNCCCNC(=O)Cc1cccc2ccccc12. The molecular weight excluding hydrogens is 334 g/mol. The molecule has 0 unspecified atom stereocenters. The van der Waals surface area contributed by atoms with Crippen molar-refractivity contribution in [3.05, 3.63) is 48.0 Å². The lowest BCUT2D eigenvalue weighted by molar-refractivity contribution is -0.120. The molecule has 0 aliphatic heterocycles. The number of hydrogen-bond acceptors (Lipinski definition) is 3. The third-order valence-electron chi connectivity index (χ3n) is 4.89. The van der Waals surface area contributed by atoms with Gasteiger partial charge in [-0.2, -0.15) is 0 Å². The zero-order chi connectivity index (χ0) is 19.2. The molecule has 2 aromatic rings. The van der Waals surface area contributed by atoms with Crippen LogP contribution in [0.1, 0.15) is 50.5 Å². The van der Waals surface area contributed by atoms with Gasteiger partial charge < -0.3 is 16.4 Å². The Labute approximate surface area is 163 Å². The lowest BCUT2D eigenvalue weighted by Gasteiger charge is -2.09. The van der Waals surface area contributed by atoms with Crippen LogP contribution in [0.15, 0.2) is 42.5 Å². The lowest BCUT2D eigenvalue weighted by atomic mass is 10.0. The fourth-order valence-electron chi connectivity index (χ4n) is 3.35. The molecule has 148 valence electrons. The van der Waals surface area contributed by atoms with Gasteiger partial charge in [0.05, 0.1) is 6.42 Å². The van der Waals surface area contributed by atoms with Gasteiger partial charge in [0.1, 0.15) is 0 Å². The van der Waals surface area contributed by atoms with Crippen LogP contribution in [0.4, 0.5) is 0 Å². The van der Waals surface area contributed by atoms with Crippen molar-refractivity contribution in [1.82, 2.24) is 10.6 Å². The van der Waals surface area contributed by atoms with Gasteiger partial charge in [-0.1, -0.05) is 68.1 Å². The summed E-state index contributed by atoms with van der Waals surface area (Å²) in [5, 5.41) is 8.85. The summed E-state index contributed by atoms with van der Waals surface area (Å²) in [4.78, 5) is 12.2. The first-order valence-corrected chi connectivity index (χ1v) is 10.5. The molecule has 2 rings (SSSR count). The Bertz CT molecular complexity index is 666. The molecular formula is C23H35N3O. The molecule has 0 spiro atoms. The Hall–Kier alpha value is -1.91. The summed E-state index contributed by atoms with van der Waals surface area (Å²) in [6.07, 6.45) is 8.98. The highest BCUT2D eigenvalue weighted by molar-refractivity contribution is 5.90. The zero-order valence-corrected chi connectivity index (χ0v) is 16.5. The molecule has 0 saturated heterocycles. The summed E-state index contributed by atoms with van der Waals surface area (Å²) in [5.41, 5.74) is 6.58. The van der Waals surface area contributed by atoms with Crippen LogP contribution in [0.25, 0.3) is 10.8 Å². The Morgan fingerprint density at radius 2 is 1.48 bits per heavy atom. The molecule has 0 fully saturated rings. The van der Waals surface area contributed by atoms with Gasteiger partial charge >= 0.3 is 0 Å². The van der Waals surface area contributed by atoms with E-state index in [4.69, 9.17) is 5.73 Å². The van der Waals surface area contributed by atoms with Crippen LogP contribution in [-0.4, -0.2) is 32.1 Å². The van der Waals surface area contributed by atoms with E-state index in [1.165, 1.54) is 42.9 Å². The molecule has 4 nitrogen and oxygen atoms in total. The normalized spacial score (nSPS) is 11.0. The fraction of sp³-hybridized carbons (Fsp3) is 0.522. The van der Waals surface area contributed by atoms with Crippen molar-refractivity contribution in [2.45, 2.75) is 51.4 Å². The van der Waals surface area contributed by atoms with Crippen molar-refractivity contribution in [3.8, 4) is 0 Å². The molecule has 0 atom stereocenters. The van der Waals surface area contributed by atoms with Gasteiger partial charge in [0.25, 0.3) is 0 Å². The van der Waals surface area contributed by atoms with Gasteiger partial charge in [-0.15, -0.1) is 0 Å². The summed E-state index contributed by atoms with van der Waals surface area (Å²) in [6.45, 7) is 3.58. The Morgan fingerprint density at radius 3 is 2.33 bits per heavy atom. The molecule has 4 N–H and O–H groups in total. The van der Waals surface area contributed by atoms with Gasteiger partial charge in [0.15, 0.2) is 0 Å². The number of hydrogen-bond donors (Lipinski definition) is 3. The Balaban J connectivity index is 1.50. The predicted molar refractivity (Wildman–Crippen MR) is 115 cm³/mol. The molecule has 0 bridgehead atoms. The van der Waals surface area contributed by atoms with Crippen molar-refractivity contribution in [1.29, 1.82) is 0 Å². The van der Waals surface area contributed by atoms with E-state index < -0.39 is 0 Å². The maximum Gasteiger partial charge on any atom is 0.224 e. The van der Waals surface area contributed by atoms with Gasteiger partial charge in [0.2, 0.25) is 5.91 Å². The topological polar surface area (TPSA) is 67.2 Å². The molecule has 4 heteroatoms. The van der Waals surface area contributed by atoms with E-state index in [1.54, 1.807) is 0 Å². The third kappa shape index (κ3) is 8.55. The number of benzene rings is 2. The highest BCUT2D eigenvalue weighted by Crippen LogP contribution is 2.18. The second kappa shape index (κ2) is 13.3. The number of rotatable bonds is 14. The summed E-state index contributed by atoms with van der Waals surface area (Å²) in [7, 11) is 0. The van der Waals surface area contributed by atoms with E-state index in [-0.39, 0.29) is 5.91 Å². The average molecular weight is 370 g/mol. The van der Waals surface area contributed by atoms with E-state index in [2.05, 4.69) is 28.8 Å². The highest BCUT2D eigenvalue weighted by Gasteiger charge is 2.06. The number of nitrogens with one attached hydrogen (secondary N) is 2. The number of carbonyl (C=O) groups excluding carboxylic acids is 1. The van der Waals surface area contributed by atoms with Crippen LogP contribution in [0.3, 0.4) is 0 Å². The fourth-order valence-corrected chi connectivity index (χ4v) is 3.35. The van der Waals surface area contributed by atoms with Crippen molar-refractivity contribution < 1.29 is 4.79 Å². The number of carbonyl (C=O) groups is 1. The number of nitrogens with two attached hydrogens (primary N) is 1. The number of unbranched alkanes of at least 4 members (excludes halogenated alkanes) is 5. The van der Waals surface area contributed by atoms with Crippen LogP contribution < -0.4 is 16.4 Å². The van der Waals surface area contributed by atoms with Gasteiger partial charge in [-0.3, -0.25) is 4.79 Å². The molecule has 0 heterocycles. The first-order chi connectivity index (χ1) is 13.3. The lowest BCUT2D eigenvalue weighted by Crippen LogP contribution is -2.28. The van der Waals surface area contributed by atoms with E-state index in [0.29, 0.717) is 6.42 Å². The summed E-state index contributed by atoms with van der Waals surface area (Å²) in [6, 6.07) is 14.4. The zero-order valence-electron chi connectivity index (χ0n) is 16.5. The Morgan fingerprint density at radius 1 is 0.778 bits per heavy atom. The largest absolute Gasteiger partial charge is 0.356 e. The minimum atomic E-state index is 0.101. The van der Waals surface area contributed by atoms with Crippen LogP contribution in [0.2, 0.25) is 0 Å². The first kappa shape index (κ1) is 21.4. The third-order valence-corrected chi connectivity index (χ3v) is 4.89. The van der Waals surface area contributed by atoms with Crippen LogP contribution in [0, 0.1) is 0 Å². The molecule has 0 aliphatic rings. The van der Waals surface area contributed by atoms with E-state index in [1.807, 2.05) is 24.3 Å². The molecule has 1 amide bonds. The molecule has 2 aromatic carbocycles. The highest BCUT2D eigenvalue weighted by atomic mass is 16.1. The minimum Gasteiger partial charge on any atom is -0.356 e. The van der Waals surface area contributed by atoms with E-state index >= 15 is 0 Å². The van der Waals surface area contributed by atoms with Crippen molar-refractivity contribution in [2.75, 3.05) is 26.2 Å². The average Bonchev–Trinajstić information content (AvgIpc) is 2.69. The summed E-state index contributed by atoms with van der Waals surface area (Å²) in [5.74, 6) is 0.101. The van der Waals surface area contributed by atoms with Crippen LogP contribution >= 0.6 is 0 Å². The quantitative estimate of drug-likeness (QED) is 0.444. The van der Waals surface area contributed by atoms with E-state index in [9.17, 15) is 4.79 Å². The second-order valence-electron chi connectivity index (χ2n) is 7.18. The molecule has 0 saturated carbocycles. The number of fused-ring (bicyclic) bond motifs is 1. The summed E-state index contributed by atoms with van der Waals surface area (Å²) < 4.78 is 0. The second-order valence-corrected chi connectivity index (χ2v) is 7.18. The molecule has 0 radical (unpaired) electrons. The minimum absolute atomic E-state index is 0.101.